The van der Waals surface area contributed by atoms with E-state index < -0.39 is 6.61 Å². The van der Waals surface area contributed by atoms with Crippen LogP contribution >= 0.6 is 0 Å². The first-order valence-corrected chi connectivity index (χ1v) is 5.98. The Bertz CT molecular complexity index is 526. The van der Waals surface area contributed by atoms with Crippen LogP contribution in [0.1, 0.15) is 11.1 Å². The van der Waals surface area contributed by atoms with Crippen molar-refractivity contribution in [1.29, 1.82) is 0 Å². The van der Waals surface area contributed by atoms with Crippen molar-refractivity contribution < 1.29 is 13.5 Å². The van der Waals surface area contributed by atoms with Gasteiger partial charge in [0, 0.05) is 18.3 Å². The van der Waals surface area contributed by atoms with Gasteiger partial charge in [-0.25, -0.2) is 0 Å². The highest BCUT2D eigenvalue weighted by molar-refractivity contribution is 5.48. The maximum Gasteiger partial charge on any atom is 0.387 e. The molecule has 100 valence electrons. The summed E-state index contributed by atoms with van der Waals surface area (Å²) < 4.78 is 28.5. The maximum atomic E-state index is 12.1. The Morgan fingerprint density at radius 1 is 1.11 bits per heavy atom. The fourth-order valence-electron chi connectivity index (χ4n) is 1.69. The largest absolute Gasteiger partial charge is 0.435 e. The molecule has 2 aromatic rings. The molecule has 0 bridgehead atoms. The fourth-order valence-corrected chi connectivity index (χ4v) is 1.69. The summed E-state index contributed by atoms with van der Waals surface area (Å²) in [6.45, 7) is -0.131. The SMILES string of the molecule is Cc1ccc(CNc2cccc(OC(F)F)c2)cc1. The summed E-state index contributed by atoms with van der Waals surface area (Å²) in [5.74, 6) is 0.156. The number of alkyl halides is 2. The lowest BCUT2D eigenvalue weighted by atomic mass is 10.1. The van der Waals surface area contributed by atoms with Gasteiger partial charge in [-0.15, -0.1) is 0 Å². The van der Waals surface area contributed by atoms with Crippen molar-refractivity contribution >= 4 is 5.69 Å². The Balaban J connectivity index is 1.97. The van der Waals surface area contributed by atoms with Gasteiger partial charge in [-0.05, 0) is 24.6 Å². The predicted octanol–water partition coefficient (Wildman–Crippen LogP) is 4.21. The van der Waals surface area contributed by atoms with Crippen LogP contribution in [-0.2, 0) is 6.54 Å². The van der Waals surface area contributed by atoms with E-state index in [1.165, 1.54) is 11.6 Å². The van der Waals surface area contributed by atoms with Crippen LogP contribution in [0.2, 0.25) is 0 Å². The fraction of sp³-hybridized carbons (Fsp3) is 0.200. The van der Waals surface area contributed by atoms with Crippen molar-refractivity contribution in [1.82, 2.24) is 0 Å². The molecule has 0 aliphatic rings. The molecule has 0 aliphatic heterocycles. The van der Waals surface area contributed by atoms with Gasteiger partial charge in [-0.2, -0.15) is 8.78 Å². The molecular weight excluding hydrogens is 248 g/mol. The third-order valence-electron chi connectivity index (χ3n) is 2.68. The molecule has 0 aromatic heterocycles. The van der Waals surface area contributed by atoms with E-state index >= 15 is 0 Å². The second-order valence-corrected chi connectivity index (χ2v) is 4.25. The van der Waals surface area contributed by atoms with Crippen LogP contribution in [-0.4, -0.2) is 6.61 Å². The van der Waals surface area contributed by atoms with Gasteiger partial charge in [0.05, 0.1) is 0 Å². The quantitative estimate of drug-likeness (QED) is 0.872. The Labute approximate surface area is 111 Å². The number of hydrogen-bond acceptors (Lipinski definition) is 2. The van der Waals surface area contributed by atoms with Crippen LogP contribution in [0.25, 0.3) is 0 Å². The molecule has 0 saturated carbocycles. The van der Waals surface area contributed by atoms with Crippen LogP contribution in [0.4, 0.5) is 14.5 Å². The van der Waals surface area contributed by atoms with Gasteiger partial charge < -0.3 is 10.1 Å². The normalized spacial score (nSPS) is 10.5. The molecule has 1 N–H and O–H groups in total. The highest BCUT2D eigenvalue weighted by atomic mass is 19.3. The summed E-state index contributed by atoms with van der Waals surface area (Å²) in [6, 6.07) is 14.7. The minimum atomic E-state index is -2.80. The van der Waals surface area contributed by atoms with Crippen molar-refractivity contribution in [3.63, 3.8) is 0 Å². The zero-order valence-electron chi connectivity index (χ0n) is 10.6. The number of hydrogen-bond donors (Lipinski definition) is 1. The van der Waals surface area contributed by atoms with E-state index in [-0.39, 0.29) is 5.75 Å². The molecule has 0 fully saturated rings. The van der Waals surface area contributed by atoms with Crippen molar-refractivity contribution in [2.45, 2.75) is 20.1 Å². The Kier molecular flexibility index (Phi) is 4.34. The van der Waals surface area contributed by atoms with Gasteiger partial charge in [0.25, 0.3) is 0 Å². The van der Waals surface area contributed by atoms with Crippen LogP contribution in [0.5, 0.6) is 5.75 Å². The van der Waals surface area contributed by atoms with Crippen molar-refractivity contribution in [2.24, 2.45) is 0 Å². The third kappa shape index (κ3) is 4.25. The molecule has 0 heterocycles. The van der Waals surface area contributed by atoms with Gasteiger partial charge in [-0.3, -0.25) is 0 Å². The molecule has 0 spiro atoms. The monoisotopic (exact) mass is 263 g/mol. The number of halogens is 2. The summed E-state index contributed by atoms with van der Waals surface area (Å²) in [5.41, 5.74) is 3.08. The first kappa shape index (κ1) is 13.3. The molecule has 0 unspecified atom stereocenters. The lowest BCUT2D eigenvalue weighted by Gasteiger charge is -2.09. The van der Waals surface area contributed by atoms with Gasteiger partial charge >= 0.3 is 6.61 Å². The summed E-state index contributed by atoms with van der Waals surface area (Å²) in [4.78, 5) is 0. The van der Waals surface area contributed by atoms with E-state index in [4.69, 9.17) is 0 Å². The van der Waals surface area contributed by atoms with E-state index in [0.29, 0.717) is 6.54 Å². The van der Waals surface area contributed by atoms with E-state index in [0.717, 1.165) is 11.3 Å². The lowest BCUT2D eigenvalue weighted by molar-refractivity contribution is -0.0498. The van der Waals surface area contributed by atoms with Crippen LogP contribution in [0.3, 0.4) is 0 Å². The maximum absolute atomic E-state index is 12.1. The number of anilines is 1. The first-order chi connectivity index (χ1) is 9.13. The minimum absolute atomic E-state index is 0.156. The summed E-state index contributed by atoms with van der Waals surface area (Å²) in [5, 5.41) is 3.17. The van der Waals surface area contributed by atoms with E-state index in [1.54, 1.807) is 12.1 Å². The molecule has 0 radical (unpaired) electrons. The molecule has 2 rings (SSSR count). The van der Waals surface area contributed by atoms with Crippen LogP contribution < -0.4 is 10.1 Å². The number of benzene rings is 2. The van der Waals surface area contributed by atoms with E-state index in [2.05, 4.69) is 10.1 Å². The zero-order chi connectivity index (χ0) is 13.7. The van der Waals surface area contributed by atoms with Crippen molar-refractivity contribution in [3.8, 4) is 5.75 Å². The Morgan fingerprint density at radius 2 is 1.84 bits per heavy atom. The van der Waals surface area contributed by atoms with Gasteiger partial charge in [-0.1, -0.05) is 35.9 Å². The van der Waals surface area contributed by atoms with Crippen LogP contribution in [0, 0.1) is 6.92 Å². The first-order valence-electron chi connectivity index (χ1n) is 5.98. The van der Waals surface area contributed by atoms with Gasteiger partial charge in [0.15, 0.2) is 0 Å². The summed E-state index contributed by atoms with van der Waals surface area (Å²) in [6.07, 6.45) is 0. The number of rotatable bonds is 5. The highest BCUT2D eigenvalue weighted by Gasteiger charge is 2.04. The number of aryl methyl sites for hydroxylation is 1. The molecule has 0 atom stereocenters. The van der Waals surface area contributed by atoms with Crippen molar-refractivity contribution in [3.05, 3.63) is 59.7 Å². The van der Waals surface area contributed by atoms with E-state index in [9.17, 15) is 8.78 Å². The van der Waals surface area contributed by atoms with E-state index in [1.807, 2.05) is 37.3 Å². The molecule has 0 aliphatic carbocycles. The molecule has 2 nitrogen and oxygen atoms in total. The second-order valence-electron chi connectivity index (χ2n) is 4.25. The molecule has 0 saturated heterocycles. The molecule has 4 heteroatoms. The Morgan fingerprint density at radius 3 is 2.53 bits per heavy atom. The van der Waals surface area contributed by atoms with Gasteiger partial charge in [0.2, 0.25) is 0 Å². The number of ether oxygens (including phenoxy) is 1. The zero-order valence-corrected chi connectivity index (χ0v) is 10.6. The average Bonchev–Trinajstić information content (AvgIpc) is 2.38. The second kappa shape index (κ2) is 6.18. The Hall–Kier alpha value is -2.10. The molecule has 19 heavy (non-hydrogen) atoms. The predicted molar refractivity (Wildman–Crippen MR) is 71.6 cm³/mol. The molecule has 2 aromatic carbocycles. The highest BCUT2D eigenvalue weighted by Crippen LogP contribution is 2.19. The minimum Gasteiger partial charge on any atom is -0.435 e. The van der Waals surface area contributed by atoms with Crippen LogP contribution in [0.15, 0.2) is 48.5 Å². The molecule has 0 amide bonds. The third-order valence-corrected chi connectivity index (χ3v) is 2.68. The standard InChI is InChI=1S/C15H15F2NO/c1-11-5-7-12(8-6-11)10-18-13-3-2-4-14(9-13)19-15(16)17/h2-9,15,18H,10H2,1H3. The summed E-state index contributed by atoms with van der Waals surface area (Å²) in [7, 11) is 0. The van der Waals surface area contributed by atoms with Crippen molar-refractivity contribution in [2.75, 3.05) is 5.32 Å². The topological polar surface area (TPSA) is 21.3 Å². The average molecular weight is 263 g/mol. The molecular formula is C15H15F2NO. The lowest BCUT2D eigenvalue weighted by Crippen LogP contribution is -2.03. The van der Waals surface area contributed by atoms with Gasteiger partial charge in [0.1, 0.15) is 5.75 Å². The summed E-state index contributed by atoms with van der Waals surface area (Å²) >= 11 is 0. The number of nitrogens with one attached hydrogen (secondary N) is 1. The smallest absolute Gasteiger partial charge is 0.387 e.